The molecule has 2 nitrogen and oxygen atoms in total. The molecule has 2 unspecified atom stereocenters. The Hall–Kier alpha value is -1.31. The van der Waals surface area contributed by atoms with E-state index in [1.165, 1.54) is 5.56 Å². The van der Waals surface area contributed by atoms with Gasteiger partial charge in [0.1, 0.15) is 0 Å². The third-order valence-corrected chi connectivity index (χ3v) is 3.43. The van der Waals surface area contributed by atoms with Gasteiger partial charge in [-0.05, 0) is 31.2 Å². The number of aryl methyl sites for hydroxylation is 1. The van der Waals surface area contributed by atoms with Gasteiger partial charge in [0.25, 0.3) is 0 Å². The van der Waals surface area contributed by atoms with Crippen LogP contribution in [0.5, 0.6) is 0 Å². The van der Waals surface area contributed by atoms with Crippen LogP contribution in [0.2, 0.25) is 0 Å². The van der Waals surface area contributed by atoms with Crippen molar-refractivity contribution in [3.63, 3.8) is 0 Å². The molecule has 1 aromatic carbocycles. The summed E-state index contributed by atoms with van der Waals surface area (Å²) < 4.78 is 0. The molecule has 0 aliphatic rings. The predicted octanol–water partition coefficient (Wildman–Crippen LogP) is 3.95. The van der Waals surface area contributed by atoms with Gasteiger partial charge in [0.2, 0.25) is 5.91 Å². The summed E-state index contributed by atoms with van der Waals surface area (Å²) in [6.45, 7) is 6.40. The monoisotopic (exact) mass is 261 g/mol. The number of benzene rings is 1. The Labute approximate surface area is 117 Å². The van der Waals surface area contributed by atoms with Gasteiger partial charge in [-0.15, -0.1) is 0 Å². The van der Waals surface area contributed by atoms with E-state index in [2.05, 4.69) is 50.4 Å². The van der Waals surface area contributed by atoms with E-state index in [9.17, 15) is 4.79 Å². The van der Waals surface area contributed by atoms with Crippen molar-refractivity contribution < 1.29 is 4.79 Å². The first-order valence-electron chi connectivity index (χ1n) is 7.45. The van der Waals surface area contributed by atoms with Crippen molar-refractivity contribution in [3.8, 4) is 0 Å². The third kappa shape index (κ3) is 7.00. The van der Waals surface area contributed by atoms with E-state index >= 15 is 0 Å². The minimum absolute atomic E-state index is 0.196. The summed E-state index contributed by atoms with van der Waals surface area (Å²) in [5.41, 5.74) is 1.34. The molecule has 0 spiro atoms. The Balaban J connectivity index is 2.23. The third-order valence-electron chi connectivity index (χ3n) is 3.43. The minimum atomic E-state index is 0.196. The second kappa shape index (κ2) is 8.73. The van der Waals surface area contributed by atoms with E-state index < -0.39 is 0 Å². The largest absolute Gasteiger partial charge is 0.354 e. The van der Waals surface area contributed by atoms with E-state index in [1.54, 1.807) is 0 Å². The Kier molecular flexibility index (Phi) is 7.24. The second-order valence-corrected chi connectivity index (χ2v) is 5.59. The van der Waals surface area contributed by atoms with E-state index in [1.807, 2.05) is 6.07 Å². The van der Waals surface area contributed by atoms with Gasteiger partial charge in [0.05, 0.1) is 0 Å². The van der Waals surface area contributed by atoms with E-state index in [0.717, 1.165) is 25.7 Å². The van der Waals surface area contributed by atoms with Crippen LogP contribution in [0.4, 0.5) is 0 Å². The first-order chi connectivity index (χ1) is 9.11. The molecule has 106 valence electrons. The highest BCUT2D eigenvalue weighted by molar-refractivity contribution is 5.76. The number of hydrogen-bond acceptors (Lipinski definition) is 1. The maximum absolute atomic E-state index is 11.8. The minimum Gasteiger partial charge on any atom is -0.354 e. The summed E-state index contributed by atoms with van der Waals surface area (Å²) in [4.78, 5) is 11.8. The molecule has 0 saturated carbocycles. The van der Waals surface area contributed by atoms with Gasteiger partial charge in [-0.2, -0.15) is 0 Å². The molecule has 0 radical (unpaired) electrons. The molecule has 19 heavy (non-hydrogen) atoms. The first kappa shape index (κ1) is 15.7. The van der Waals surface area contributed by atoms with Gasteiger partial charge < -0.3 is 5.32 Å². The molecule has 1 aromatic rings. The molecule has 0 saturated heterocycles. The maximum Gasteiger partial charge on any atom is 0.220 e. The first-order valence-corrected chi connectivity index (χ1v) is 7.45. The lowest BCUT2D eigenvalue weighted by Crippen LogP contribution is -2.33. The summed E-state index contributed by atoms with van der Waals surface area (Å²) >= 11 is 0. The lowest BCUT2D eigenvalue weighted by molar-refractivity contribution is -0.122. The zero-order valence-electron chi connectivity index (χ0n) is 12.5. The number of hydrogen-bond donors (Lipinski definition) is 1. The average molecular weight is 261 g/mol. The molecule has 0 aromatic heterocycles. The fraction of sp³-hybridized carbons (Fsp3) is 0.588. The van der Waals surface area contributed by atoms with Gasteiger partial charge in [-0.25, -0.2) is 0 Å². The smallest absolute Gasteiger partial charge is 0.220 e. The van der Waals surface area contributed by atoms with Crippen LogP contribution in [-0.4, -0.2) is 11.9 Å². The number of amides is 1. The standard InChI is InChI=1S/C17H27NO/c1-4-8-14(2)13-17(19)18-15(3)11-12-16-9-6-5-7-10-16/h5-7,9-10,14-15H,4,8,11-13H2,1-3H3,(H,18,19). The van der Waals surface area contributed by atoms with Gasteiger partial charge >= 0.3 is 0 Å². The van der Waals surface area contributed by atoms with Crippen molar-refractivity contribution in [1.29, 1.82) is 0 Å². The quantitative estimate of drug-likeness (QED) is 0.754. The molecular formula is C17H27NO. The lowest BCUT2D eigenvalue weighted by atomic mass is 10.0. The van der Waals surface area contributed by atoms with Crippen molar-refractivity contribution >= 4 is 5.91 Å². The molecular weight excluding hydrogens is 234 g/mol. The van der Waals surface area contributed by atoms with Crippen LogP contribution < -0.4 is 5.32 Å². The number of nitrogens with one attached hydrogen (secondary N) is 1. The number of carbonyl (C=O) groups is 1. The Morgan fingerprint density at radius 3 is 2.47 bits per heavy atom. The molecule has 2 heteroatoms. The van der Waals surface area contributed by atoms with Gasteiger partial charge in [-0.1, -0.05) is 57.0 Å². The highest BCUT2D eigenvalue weighted by Crippen LogP contribution is 2.10. The molecule has 0 bridgehead atoms. The summed E-state index contributed by atoms with van der Waals surface area (Å²) in [6, 6.07) is 10.7. The summed E-state index contributed by atoms with van der Waals surface area (Å²) in [6.07, 6.45) is 4.96. The van der Waals surface area contributed by atoms with E-state index in [0.29, 0.717) is 12.3 Å². The molecule has 0 aliphatic carbocycles. The molecule has 0 aliphatic heterocycles. The Morgan fingerprint density at radius 2 is 1.84 bits per heavy atom. The molecule has 2 atom stereocenters. The molecule has 1 rings (SSSR count). The van der Waals surface area contributed by atoms with Crippen LogP contribution in [-0.2, 0) is 11.2 Å². The summed E-state index contributed by atoms with van der Waals surface area (Å²) in [7, 11) is 0. The summed E-state index contributed by atoms with van der Waals surface area (Å²) in [5.74, 6) is 0.688. The van der Waals surface area contributed by atoms with E-state index in [-0.39, 0.29) is 11.9 Å². The average Bonchev–Trinajstić information content (AvgIpc) is 2.37. The Bertz CT molecular complexity index is 361. The maximum atomic E-state index is 11.8. The zero-order valence-corrected chi connectivity index (χ0v) is 12.5. The van der Waals surface area contributed by atoms with Crippen molar-refractivity contribution in [1.82, 2.24) is 5.32 Å². The van der Waals surface area contributed by atoms with Crippen LogP contribution in [0.1, 0.15) is 52.0 Å². The van der Waals surface area contributed by atoms with Crippen molar-refractivity contribution in [3.05, 3.63) is 35.9 Å². The lowest BCUT2D eigenvalue weighted by Gasteiger charge is -2.16. The van der Waals surface area contributed by atoms with Crippen LogP contribution in [0.25, 0.3) is 0 Å². The fourth-order valence-corrected chi connectivity index (χ4v) is 2.35. The van der Waals surface area contributed by atoms with Crippen LogP contribution in [0, 0.1) is 5.92 Å². The van der Waals surface area contributed by atoms with Crippen molar-refractivity contribution in [2.75, 3.05) is 0 Å². The SMILES string of the molecule is CCCC(C)CC(=O)NC(C)CCc1ccccc1. The highest BCUT2D eigenvalue weighted by Gasteiger charge is 2.11. The molecule has 1 N–H and O–H groups in total. The topological polar surface area (TPSA) is 29.1 Å². The van der Waals surface area contributed by atoms with Crippen molar-refractivity contribution in [2.24, 2.45) is 5.92 Å². The van der Waals surface area contributed by atoms with Crippen molar-refractivity contribution in [2.45, 2.75) is 58.9 Å². The summed E-state index contributed by atoms with van der Waals surface area (Å²) in [5, 5.41) is 3.10. The van der Waals surface area contributed by atoms with Gasteiger partial charge in [0, 0.05) is 12.5 Å². The zero-order chi connectivity index (χ0) is 14.1. The van der Waals surface area contributed by atoms with Crippen LogP contribution in [0.3, 0.4) is 0 Å². The second-order valence-electron chi connectivity index (χ2n) is 5.59. The Morgan fingerprint density at radius 1 is 1.16 bits per heavy atom. The van der Waals surface area contributed by atoms with E-state index in [4.69, 9.17) is 0 Å². The van der Waals surface area contributed by atoms with Gasteiger partial charge in [0.15, 0.2) is 0 Å². The normalized spacial score (nSPS) is 13.8. The van der Waals surface area contributed by atoms with Crippen LogP contribution >= 0.6 is 0 Å². The molecule has 0 heterocycles. The predicted molar refractivity (Wildman–Crippen MR) is 81.1 cm³/mol. The van der Waals surface area contributed by atoms with Gasteiger partial charge in [-0.3, -0.25) is 4.79 Å². The highest BCUT2D eigenvalue weighted by atomic mass is 16.1. The molecule has 0 fully saturated rings. The fourth-order valence-electron chi connectivity index (χ4n) is 2.35. The number of carbonyl (C=O) groups excluding carboxylic acids is 1. The molecule has 1 amide bonds. The van der Waals surface area contributed by atoms with Crippen LogP contribution in [0.15, 0.2) is 30.3 Å². The number of rotatable bonds is 8.